The number of ether oxygens (including phenoxy) is 6. The molecule has 6 N–H and O–H groups in total. The molecule has 0 fully saturated rings. The summed E-state index contributed by atoms with van der Waals surface area (Å²) in [5.41, 5.74) is -0.144. The average molecular weight is 1400 g/mol. The highest BCUT2D eigenvalue weighted by Gasteiger charge is 2.62. The number of anilines is 3. The molecule has 0 aliphatic carbocycles. The Balaban J connectivity index is 0.000000675. The van der Waals surface area contributed by atoms with Crippen LogP contribution in [0.2, 0.25) is 0 Å². The Morgan fingerprint density at radius 3 is 0.611 bits per heavy atom. The van der Waals surface area contributed by atoms with Crippen LogP contribution in [-0.2, 0) is 69.4 Å². The molecule has 0 atom stereocenters. The summed E-state index contributed by atoms with van der Waals surface area (Å²) in [6, 6.07) is 15.6. The van der Waals surface area contributed by atoms with Crippen LogP contribution in [0.1, 0.15) is 0 Å². The number of carbonyl (C=O) groups excluding carboxylic acids is 3. The molecule has 0 bridgehead atoms. The van der Waals surface area contributed by atoms with Gasteiger partial charge in [-0.1, -0.05) is 0 Å². The number of hydrogen-bond donors (Lipinski definition) is 6. The lowest BCUT2D eigenvalue weighted by molar-refractivity contribution is -0.320. The van der Waals surface area contributed by atoms with Crippen LogP contribution in [0.4, 0.5) is 96.1 Å². The summed E-state index contributed by atoms with van der Waals surface area (Å²) in [5, 5.41) is 30.5. The molecule has 0 saturated heterocycles. The molecule has 0 radical (unpaired) electrons. The SMILES string of the molecule is COc1ccc(NC(=O)/C(=C(\O)OC(C(F)(F)F)C(F)(F)F)P(=O)(OC)OC)cc1.COc1ccc(NC(=O)/C(=C(\O)OC(C(F)(F)F)C(F)(F)F)P(=O)(OC)OC)cc1.COc1ccc(NC(=O)/C(=C(\O)OC(C(F)(F)F)C(F)(F)F)P(=O)(OC)OC)cc1. The smallest absolute Gasteiger partial charge is 0.434 e. The van der Waals surface area contributed by atoms with Crippen molar-refractivity contribution in [3.05, 3.63) is 107 Å². The summed E-state index contributed by atoms with van der Waals surface area (Å²) in [6.45, 7) is 0. The fourth-order valence-electron chi connectivity index (χ4n) is 5.84. The summed E-state index contributed by atoms with van der Waals surface area (Å²) in [4.78, 5) is 37.3. The van der Waals surface area contributed by atoms with Gasteiger partial charge in [0.2, 0.25) is 15.9 Å². The normalized spacial score (nSPS) is 13.7. The van der Waals surface area contributed by atoms with Crippen LogP contribution in [0.5, 0.6) is 17.2 Å². The minimum atomic E-state index is -6.02. The lowest BCUT2D eigenvalue weighted by Gasteiger charge is -2.25. The highest BCUT2D eigenvalue weighted by atomic mass is 31.2. The van der Waals surface area contributed by atoms with Crippen LogP contribution in [0, 0.1) is 0 Å². The van der Waals surface area contributed by atoms with Crippen molar-refractivity contribution in [3.63, 3.8) is 0 Å². The molecule has 90 heavy (non-hydrogen) atoms. The van der Waals surface area contributed by atoms with E-state index in [1.807, 2.05) is 16.0 Å². The molecule has 0 aliphatic rings. The van der Waals surface area contributed by atoms with Gasteiger partial charge in [-0.2, -0.15) is 79.0 Å². The van der Waals surface area contributed by atoms with Gasteiger partial charge >= 0.3 is 59.8 Å². The number of aliphatic hydroxyl groups is 3. The van der Waals surface area contributed by atoms with E-state index in [0.29, 0.717) is 59.9 Å². The van der Waals surface area contributed by atoms with Crippen molar-refractivity contribution in [2.75, 3.05) is 79.9 Å². The number of nitrogens with one attached hydrogen (secondary N) is 3. The minimum Gasteiger partial charge on any atom is -0.497 e. The van der Waals surface area contributed by atoms with Crippen LogP contribution < -0.4 is 30.2 Å². The van der Waals surface area contributed by atoms with Crippen LogP contribution in [-0.4, -0.2) is 152 Å². The lowest BCUT2D eigenvalue weighted by atomic mass is 10.3. The molecular weight excluding hydrogens is 1350 g/mol. The minimum absolute atomic E-state index is 0.0481. The quantitative estimate of drug-likeness (QED) is 0.0210. The highest BCUT2D eigenvalue weighted by Crippen LogP contribution is 2.59. The molecular formula is C45H48F18N3O21P3. The van der Waals surface area contributed by atoms with E-state index in [-0.39, 0.29) is 17.1 Å². The highest BCUT2D eigenvalue weighted by molar-refractivity contribution is 7.60. The zero-order valence-corrected chi connectivity index (χ0v) is 49.2. The van der Waals surface area contributed by atoms with Gasteiger partial charge in [-0.3, -0.25) is 28.1 Å². The first-order chi connectivity index (χ1) is 41.1. The third-order valence-electron chi connectivity index (χ3n) is 10.0. The molecule has 3 rings (SSSR count). The third kappa shape index (κ3) is 23.2. The first-order valence-electron chi connectivity index (χ1n) is 22.8. The van der Waals surface area contributed by atoms with E-state index in [1.165, 1.54) is 94.1 Å². The van der Waals surface area contributed by atoms with Crippen molar-refractivity contribution in [3.8, 4) is 17.2 Å². The van der Waals surface area contributed by atoms with Crippen LogP contribution in [0.25, 0.3) is 0 Å². The number of rotatable bonds is 24. The predicted octanol–water partition coefficient (Wildman–Crippen LogP) is 13.1. The molecule has 0 unspecified atom stereocenters. The molecule has 0 heterocycles. The Labute approximate surface area is 494 Å². The maximum atomic E-state index is 12.7. The Hall–Kier alpha value is -7.32. The van der Waals surface area contributed by atoms with E-state index in [0.717, 1.165) is 0 Å². The molecule has 24 nitrogen and oxygen atoms in total. The molecule has 510 valence electrons. The number of alkyl halides is 18. The van der Waals surface area contributed by atoms with E-state index in [4.69, 9.17) is 14.2 Å². The van der Waals surface area contributed by atoms with Crippen LogP contribution >= 0.6 is 22.8 Å². The second kappa shape index (κ2) is 32.6. The maximum Gasteiger partial charge on any atom is 0.434 e. The summed E-state index contributed by atoms with van der Waals surface area (Å²) in [5.74, 6) is -10.5. The molecule has 0 aromatic heterocycles. The monoisotopic (exact) mass is 1400 g/mol. The van der Waals surface area contributed by atoms with Crippen molar-refractivity contribution < 1.29 is 178 Å². The average Bonchev–Trinajstić information content (AvgIpc) is 1.50. The molecule has 3 aromatic rings. The van der Waals surface area contributed by atoms with Crippen molar-refractivity contribution in [2.45, 2.75) is 55.4 Å². The van der Waals surface area contributed by atoms with Crippen LogP contribution in [0.3, 0.4) is 0 Å². The van der Waals surface area contributed by atoms with Gasteiger partial charge in [0.25, 0.3) is 53.9 Å². The molecule has 0 aliphatic heterocycles. The predicted molar refractivity (Wildman–Crippen MR) is 270 cm³/mol. The van der Waals surface area contributed by atoms with Crippen molar-refractivity contribution in [1.82, 2.24) is 0 Å². The van der Waals surface area contributed by atoms with Gasteiger partial charge in [0.05, 0.1) is 21.3 Å². The molecule has 0 spiro atoms. The van der Waals surface area contributed by atoms with E-state index in [2.05, 4.69) is 41.4 Å². The van der Waals surface area contributed by atoms with Gasteiger partial charge in [0.1, 0.15) is 17.2 Å². The van der Waals surface area contributed by atoms with E-state index >= 15 is 0 Å². The standard InChI is InChI=1S/3C15H16F6NO7P/c3*1-26-9-6-4-8(5-7-9)22-11(23)10(30(25,27-2)28-3)12(24)29-13(14(16,17)18)15(19,20)21/h3*4-7,13,24H,1-3H3,(H,22,23)/b3*12-10-. The summed E-state index contributed by atoms with van der Waals surface area (Å²) >= 11 is 0. The summed E-state index contributed by atoms with van der Waals surface area (Å²) < 4.78 is 318. The molecule has 45 heteroatoms. The summed E-state index contributed by atoms with van der Waals surface area (Å²) in [7, 11) is -6.52. The van der Waals surface area contributed by atoms with Crippen molar-refractivity contribution in [2.24, 2.45) is 0 Å². The maximum absolute atomic E-state index is 12.7. The fourth-order valence-corrected chi connectivity index (χ4v) is 9.16. The van der Waals surface area contributed by atoms with E-state index in [1.54, 1.807) is 0 Å². The Kier molecular flexibility index (Phi) is 29.2. The Morgan fingerprint density at radius 1 is 0.333 bits per heavy atom. The number of aliphatic hydroxyl groups excluding tert-OH is 3. The second-order valence-corrected chi connectivity index (χ2v) is 22.4. The topological polar surface area (TPSA) is 310 Å². The van der Waals surface area contributed by atoms with Gasteiger partial charge in [-0.15, -0.1) is 0 Å². The fraction of sp³-hybridized carbons (Fsp3) is 0.400. The zero-order valence-electron chi connectivity index (χ0n) is 46.5. The van der Waals surface area contributed by atoms with Gasteiger partial charge < -0.3 is 86.8 Å². The Morgan fingerprint density at radius 2 is 0.489 bits per heavy atom. The van der Waals surface area contributed by atoms with Crippen molar-refractivity contribution in [1.29, 1.82) is 0 Å². The van der Waals surface area contributed by atoms with Gasteiger partial charge in [-0.25, -0.2) is 0 Å². The molecule has 0 saturated carbocycles. The second-order valence-electron chi connectivity index (χ2n) is 15.8. The first-order valence-corrected chi connectivity index (χ1v) is 27.4. The Bertz CT molecular complexity index is 2730. The van der Waals surface area contributed by atoms with Gasteiger partial charge in [0, 0.05) is 59.7 Å². The zero-order chi connectivity index (χ0) is 70.0. The molecule has 3 amide bonds. The van der Waals surface area contributed by atoms with E-state index in [9.17, 15) is 122 Å². The van der Waals surface area contributed by atoms with E-state index < -0.39 is 130 Å². The number of benzene rings is 3. The molecule has 3 aromatic carbocycles. The number of carbonyl (C=O) groups is 3. The van der Waals surface area contributed by atoms with Crippen molar-refractivity contribution >= 4 is 57.6 Å². The first kappa shape index (κ1) is 80.7. The number of halogens is 18. The largest absolute Gasteiger partial charge is 0.497 e. The lowest BCUT2D eigenvalue weighted by Crippen LogP contribution is -2.44. The van der Waals surface area contributed by atoms with Gasteiger partial charge in [-0.05, 0) is 72.8 Å². The number of methoxy groups -OCH3 is 3. The van der Waals surface area contributed by atoms with Crippen LogP contribution in [0.15, 0.2) is 107 Å². The summed E-state index contributed by atoms with van der Waals surface area (Å²) in [6.07, 6.45) is -49.7. The number of amides is 3. The van der Waals surface area contributed by atoms with Gasteiger partial charge in [0.15, 0.2) is 0 Å². The number of hydrogen-bond acceptors (Lipinski definition) is 21. The third-order valence-corrected chi connectivity index (χ3v) is 15.7.